The molecule has 0 spiro atoms. The van der Waals surface area contributed by atoms with Gasteiger partial charge in [-0.05, 0) is 24.5 Å². The SMILES string of the molecule is N#Cc1cc2c3c(c1)OCC(=O)N3CCC2. The Morgan fingerprint density at radius 1 is 1.44 bits per heavy atom. The summed E-state index contributed by atoms with van der Waals surface area (Å²) in [6.45, 7) is 0.843. The molecule has 1 aromatic rings. The van der Waals surface area contributed by atoms with Gasteiger partial charge in [-0.3, -0.25) is 4.79 Å². The van der Waals surface area contributed by atoms with Gasteiger partial charge < -0.3 is 9.64 Å². The van der Waals surface area contributed by atoms with Crippen molar-refractivity contribution in [2.45, 2.75) is 12.8 Å². The Morgan fingerprint density at radius 2 is 2.31 bits per heavy atom. The van der Waals surface area contributed by atoms with Gasteiger partial charge in [-0.25, -0.2) is 0 Å². The Morgan fingerprint density at radius 3 is 3.12 bits per heavy atom. The lowest BCUT2D eigenvalue weighted by atomic mass is 9.97. The van der Waals surface area contributed by atoms with Gasteiger partial charge in [0.15, 0.2) is 6.61 Å². The number of amides is 1. The number of nitriles is 1. The van der Waals surface area contributed by atoms with Crippen LogP contribution in [0.15, 0.2) is 12.1 Å². The van der Waals surface area contributed by atoms with Gasteiger partial charge in [-0.1, -0.05) is 0 Å². The van der Waals surface area contributed by atoms with Crippen LogP contribution in [0, 0.1) is 11.3 Å². The zero-order valence-electron chi connectivity index (χ0n) is 8.69. The summed E-state index contributed by atoms with van der Waals surface area (Å²) in [5.41, 5.74) is 2.53. The van der Waals surface area contributed by atoms with Crippen molar-refractivity contribution in [1.82, 2.24) is 0 Å². The molecule has 0 aromatic heterocycles. The fourth-order valence-corrected chi connectivity index (χ4v) is 2.34. The number of aryl methyl sites for hydroxylation is 1. The fraction of sp³-hybridized carbons (Fsp3) is 0.333. The molecule has 0 saturated heterocycles. The highest BCUT2D eigenvalue weighted by Crippen LogP contribution is 2.39. The second-order valence-electron chi connectivity index (χ2n) is 4.03. The summed E-state index contributed by atoms with van der Waals surface area (Å²) in [7, 11) is 0. The summed E-state index contributed by atoms with van der Waals surface area (Å²) in [6, 6.07) is 5.68. The Balaban J connectivity index is 2.22. The zero-order valence-corrected chi connectivity index (χ0v) is 8.69. The van der Waals surface area contributed by atoms with E-state index in [9.17, 15) is 4.79 Å². The average Bonchev–Trinajstić information content (AvgIpc) is 2.33. The molecule has 2 heterocycles. The van der Waals surface area contributed by atoms with E-state index in [2.05, 4.69) is 6.07 Å². The molecule has 0 N–H and O–H groups in total. The van der Waals surface area contributed by atoms with Crippen molar-refractivity contribution in [2.24, 2.45) is 0 Å². The molecule has 0 radical (unpaired) electrons. The number of rotatable bonds is 0. The Labute approximate surface area is 93.0 Å². The number of nitrogens with zero attached hydrogens (tertiary/aromatic N) is 2. The Hall–Kier alpha value is -2.02. The molecule has 2 aliphatic rings. The van der Waals surface area contributed by atoms with Crippen molar-refractivity contribution in [3.8, 4) is 11.8 Å². The van der Waals surface area contributed by atoms with Gasteiger partial charge in [0.05, 0.1) is 17.3 Å². The maximum atomic E-state index is 11.7. The second-order valence-corrected chi connectivity index (χ2v) is 4.03. The van der Waals surface area contributed by atoms with Crippen LogP contribution in [0.25, 0.3) is 0 Å². The first-order valence-corrected chi connectivity index (χ1v) is 5.30. The molecule has 0 unspecified atom stereocenters. The monoisotopic (exact) mass is 214 g/mol. The molecule has 16 heavy (non-hydrogen) atoms. The first-order chi connectivity index (χ1) is 7.79. The first-order valence-electron chi connectivity index (χ1n) is 5.30. The summed E-state index contributed by atoms with van der Waals surface area (Å²) in [6.07, 6.45) is 1.86. The van der Waals surface area contributed by atoms with Gasteiger partial charge in [0.2, 0.25) is 0 Å². The van der Waals surface area contributed by atoms with E-state index < -0.39 is 0 Å². The third-order valence-corrected chi connectivity index (χ3v) is 3.03. The number of anilines is 1. The molecule has 0 aliphatic carbocycles. The fourth-order valence-electron chi connectivity index (χ4n) is 2.34. The van der Waals surface area contributed by atoms with Crippen LogP contribution in [0.1, 0.15) is 17.5 Å². The highest BCUT2D eigenvalue weighted by Gasteiger charge is 2.30. The van der Waals surface area contributed by atoms with Crippen molar-refractivity contribution in [3.63, 3.8) is 0 Å². The van der Waals surface area contributed by atoms with Crippen molar-refractivity contribution >= 4 is 11.6 Å². The molecule has 0 atom stereocenters. The van der Waals surface area contributed by atoms with Crippen molar-refractivity contribution in [2.75, 3.05) is 18.1 Å². The second kappa shape index (κ2) is 3.24. The summed E-state index contributed by atoms with van der Waals surface area (Å²) >= 11 is 0. The third kappa shape index (κ3) is 1.18. The highest BCUT2D eigenvalue weighted by molar-refractivity contribution is 5.99. The van der Waals surface area contributed by atoms with E-state index in [1.165, 1.54) is 0 Å². The van der Waals surface area contributed by atoms with Crippen LogP contribution < -0.4 is 9.64 Å². The molecule has 1 aromatic carbocycles. The third-order valence-electron chi connectivity index (χ3n) is 3.03. The van der Waals surface area contributed by atoms with Gasteiger partial charge in [-0.2, -0.15) is 5.26 Å². The average molecular weight is 214 g/mol. The molecule has 4 heteroatoms. The van der Waals surface area contributed by atoms with Crippen LogP contribution in [0.2, 0.25) is 0 Å². The van der Waals surface area contributed by atoms with Gasteiger partial charge in [0, 0.05) is 12.6 Å². The number of ether oxygens (including phenoxy) is 1. The molecule has 2 aliphatic heterocycles. The van der Waals surface area contributed by atoms with Crippen LogP contribution in [0.4, 0.5) is 5.69 Å². The van der Waals surface area contributed by atoms with E-state index in [4.69, 9.17) is 10.00 Å². The van der Waals surface area contributed by atoms with Crippen LogP contribution in [0.5, 0.6) is 5.75 Å². The number of hydrogen-bond acceptors (Lipinski definition) is 3. The van der Waals surface area contributed by atoms with Crippen molar-refractivity contribution in [3.05, 3.63) is 23.3 Å². The number of hydrogen-bond donors (Lipinski definition) is 0. The maximum Gasteiger partial charge on any atom is 0.265 e. The number of benzene rings is 1. The lowest BCUT2D eigenvalue weighted by Crippen LogP contribution is -2.42. The lowest BCUT2D eigenvalue weighted by molar-refractivity contribution is -0.121. The Kier molecular flexibility index (Phi) is 1.87. The number of carbonyl (C=O) groups excluding carboxylic acids is 1. The van der Waals surface area contributed by atoms with E-state index in [0.717, 1.165) is 30.6 Å². The molecule has 4 nitrogen and oxygen atoms in total. The zero-order chi connectivity index (χ0) is 11.1. The summed E-state index contributed by atoms with van der Waals surface area (Å²) in [4.78, 5) is 13.4. The van der Waals surface area contributed by atoms with Gasteiger partial charge in [0.25, 0.3) is 5.91 Å². The van der Waals surface area contributed by atoms with Gasteiger partial charge >= 0.3 is 0 Å². The minimum absolute atomic E-state index is 0.0122. The predicted molar refractivity (Wildman–Crippen MR) is 57.3 cm³/mol. The van der Waals surface area contributed by atoms with Crippen LogP contribution in [0.3, 0.4) is 0 Å². The van der Waals surface area contributed by atoms with Crippen molar-refractivity contribution in [1.29, 1.82) is 5.26 Å². The summed E-state index contributed by atoms with van der Waals surface area (Å²) < 4.78 is 5.38. The van der Waals surface area contributed by atoms with Crippen LogP contribution >= 0.6 is 0 Å². The van der Waals surface area contributed by atoms with E-state index in [1.54, 1.807) is 11.0 Å². The smallest absolute Gasteiger partial charge is 0.265 e. The predicted octanol–water partition coefficient (Wildman–Crippen LogP) is 1.23. The van der Waals surface area contributed by atoms with E-state index in [1.807, 2.05) is 6.07 Å². The molecular weight excluding hydrogens is 204 g/mol. The normalized spacial score (nSPS) is 17.4. The summed E-state index contributed by atoms with van der Waals surface area (Å²) in [5.74, 6) is 0.687. The lowest BCUT2D eigenvalue weighted by Gasteiger charge is -2.34. The summed E-state index contributed by atoms with van der Waals surface area (Å²) in [5, 5.41) is 8.91. The van der Waals surface area contributed by atoms with E-state index >= 15 is 0 Å². The largest absolute Gasteiger partial charge is 0.482 e. The quantitative estimate of drug-likeness (QED) is 0.652. The van der Waals surface area contributed by atoms with Gasteiger partial charge in [-0.15, -0.1) is 0 Å². The molecular formula is C12H10N2O2. The molecule has 3 rings (SSSR count). The van der Waals surface area contributed by atoms with E-state index in [-0.39, 0.29) is 12.5 Å². The van der Waals surface area contributed by atoms with Crippen LogP contribution in [-0.2, 0) is 11.2 Å². The van der Waals surface area contributed by atoms with Crippen LogP contribution in [-0.4, -0.2) is 19.1 Å². The standard InChI is InChI=1S/C12H10N2O2/c13-6-8-4-9-2-1-3-14-11(15)7-16-10(5-8)12(9)14/h4-5H,1-3,7H2. The molecule has 0 saturated carbocycles. The molecule has 0 fully saturated rings. The minimum atomic E-state index is 0.0122. The first kappa shape index (κ1) is 9.22. The molecule has 80 valence electrons. The molecule has 1 amide bonds. The van der Waals surface area contributed by atoms with Crippen molar-refractivity contribution < 1.29 is 9.53 Å². The Bertz CT molecular complexity index is 499. The van der Waals surface area contributed by atoms with Gasteiger partial charge in [0.1, 0.15) is 5.75 Å². The van der Waals surface area contributed by atoms with E-state index in [0.29, 0.717) is 11.3 Å². The molecule has 0 bridgehead atoms. The minimum Gasteiger partial charge on any atom is -0.482 e. The topological polar surface area (TPSA) is 53.3 Å². The maximum absolute atomic E-state index is 11.7. The number of carbonyl (C=O) groups is 1. The highest BCUT2D eigenvalue weighted by atomic mass is 16.5.